The van der Waals surface area contributed by atoms with Crippen molar-refractivity contribution in [3.63, 3.8) is 0 Å². The summed E-state index contributed by atoms with van der Waals surface area (Å²) in [6.07, 6.45) is 5.50. The molecule has 0 amide bonds. The number of aryl methyl sites for hydroxylation is 2. The maximum absolute atomic E-state index is 14.9. The van der Waals surface area contributed by atoms with Crippen molar-refractivity contribution in [2.24, 2.45) is 0 Å². The lowest BCUT2D eigenvalue weighted by Crippen LogP contribution is -2.38. The standard InChI is InChI=1S/C32H28F4N6O/c1-20-18-41(19-38-20)29-27(43-3)16-22(17-37-29)8-13-28-39-30-31(14-5-15-42(30)40-28,25-6-4-7-26(33)21(25)2)23-9-11-24(12-10-23)32(34,35)36/h4,6-13,16-19H,5,14-15H2,1-3H3/b13-8+. The van der Waals surface area contributed by atoms with Crippen molar-refractivity contribution in [1.82, 2.24) is 29.3 Å². The molecule has 1 unspecified atom stereocenters. The van der Waals surface area contributed by atoms with Crippen LogP contribution in [0.5, 0.6) is 5.75 Å². The van der Waals surface area contributed by atoms with Crippen molar-refractivity contribution in [3.8, 4) is 11.6 Å². The number of rotatable bonds is 6. The quantitative estimate of drug-likeness (QED) is 0.201. The Balaban J connectivity index is 1.42. The molecule has 6 rings (SSSR count). The Kier molecular flexibility index (Phi) is 7.11. The van der Waals surface area contributed by atoms with Gasteiger partial charge >= 0.3 is 6.18 Å². The number of fused-ring (bicyclic) bond motifs is 1. The van der Waals surface area contributed by atoms with Gasteiger partial charge in [0.15, 0.2) is 17.4 Å². The summed E-state index contributed by atoms with van der Waals surface area (Å²) in [7, 11) is 1.57. The lowest BCUT2D eigenvalue weighted by atomic mass is 9.68. The molecule has 0 aliphatic carbocycles. The summed E-state index contributed by atoms with van der Waals surface area (Å²) >= 11 is 0. The van der Waals surface area contributed by atoms with Crippen LogP contribution in [0.25, 0.3) is 18.0 Å². The Morgan fingerprint density at radius 1 is 1.02 bits per heavy atom. The fraction of sp³-hybridized carbons (Fsp3) is 0.250. The van der Waals surface area contributed by atoms with E-state index in [0.717, 1.165) is 23.4 Å². The van der Waals surface area contributed by atoms with Crippen LogP contribution in [-0.4, -0.2) is 36.4 Å². The maximum atomic E-state index is 14.9. The van der Waals surface area contributed by atoms with E-state index in [1.165, 1.54) is 18.2 Å². The maximum Gasteiger partial charge on any atom is 0.416 e. The topological polar surface area (TPSA) is 70.7 Å². The second-order valence-electron chi connectivity index (χ2n) is 10.6. The second-order valence-corrected chi connectivity index (χ2v) is 10.6. The SMILES string of the molecule is COc1cc(/C=C/c2nc3n(n2)CCCC3(c2ccc(C(F)(F)F)cc2)c2cccc(F)c2C)cnc1-n1cnc(C)c1. The van der Waals surface area contributed by atoms with Gasteiger partial charge in [0, 0.05) is 18.9 Å². The summed E-state index contributed by atoms with van der Waals surface area (Å²) in [5.74, 6) is 1.72. The second kappa shape index (κ2) is 10.8. The Hall–Kier alpha value is -4.80. The zero-order valence-electron chi connectivity index (χ0n) is 23.7. The Morgan fingerprint density at radius 3 is 2.51 bits per heavy atom. The number of pyridine rings is 1. The van der Waals surface area contributed by atoms with Gasteiger partial charge in [-0.2, -0.15) is 18.3 Å². The molecule has 1 atom stereocenters. The molecule has 43 heavy (non-hydrogen) atoms. The van der Waals surface area contributed by atoms with Gasteiger partial charge in [-0.1, -0.05) is 24.3 Å². The lowest BCUT2D eigenvalue weighted by Gasteiger charge is -2.38. The normalized spacial score (nSPS) is 16.9. The molecule has 11 heteroatoms. The van der Waals surface area contributed by atoms with E-state index in [0.29, 0.717) is 59.3 Å². The zero-order valence-corrected chi connectivity index (χ0v) is 23.7. The van der Waals surface area contributed by atoms with E-state index in [1.54, 1.807) is 47.9 Å². The number of alkyl halides is 3. The van der Waals surface area contributed by atoms with Gasteiger partial charge in [-0.3, -0.25) is 4.57 Å². The minimum absolute atomic E-state index is 0.392. The Morgan fingerprint density at radius 2 is 1.81 bits per heavy atom. The number of imidazole rings is 1. The highest BCUT2D eigenvalue weighted by molar-refractivity contribution is 5.68. The molecule has 0 radical (unpaired) electrons. The minimum atomic E-state index is -4.47. The first kappa shape index (κ1) is 28.3. The molecule has 0 saturated carbocycles. The molecule has 1 aliphatic heterocycles. The largest absolute Gasteiger partial charge is 0.493 e. The number of benzene rings is 2. The molecule has 0 fully saturated rings. The fourth-order valence-corrected chi connectivity index (χ4v) is 5.80. The van der Waals surface area contributed by atoms with Gasteiger partial charge in [-0.15, -0.1) is 0 Å². The van der Waals surface area contributed by atoms with Crippen LogP contribution in [0.4, 0.5) is 17.6 Å². The predicted molar refractivity (Wildman–Crippen MR) is 153 cm³/mol. The minimum Gasteiger partial charge on any atom is -0.493 e. The van der Waals surface area contributed by atoms with Crippen molar-refractivity contribution < 1.29 is 22.3 Å². The lowest BCUT2D eigenvalue weighted by molar-refractivity contribution is -0.137. The number of methoxy groups -OCH3 is 1. The third kappa shape index (κ3) is 5.09. The average Bonchev–Trinajstić information content (AvgIpc) is 3.63. The molecule has 7 nitrogen and oxygen atoms in total. The van der Waals surface area contributed by atoms with Gasteiger partial charge in [0.25, 0.3) is 0 Å². The molecule has 5 aromatic rings. The van der Waals surface area contributed by atoms with Gasteiger partial charge in [0.05, 0.1) is 23.8 Å². The third-order valence-electron chi connectivity index (χ3n) is 7.88. The zero-order chi connectivity index (χ0) is 30.4. The van der Waals surface area contributed by atoms with E-state index in [2.05, 4.69) is 9.97 Å². The van der Waals surface area contributed by atoms with Crippen LogP contribution in [0.3, 0.4) is 0 Å². The molecule has 0 spiro atoms. The van der Waals surface area contributed by atoms with Gasteiger partial charge in [-0.25, -0.2) is 24.0 Å². The number of aromatic nitrogens is 6. The molecule has 0 N–H and O–H groups in total. The highest BCUT2D eigenvalue weighted by atomic mass is 19.4. The summed E-state index contributed by atoms with van der Waals surface area (Å²) < 4.78 is 64.3. The monoisotopic (exact) mass is 588 g/mol. The van der Waals surface area contributed by atoms with E-state index in [1.807, 2.05) is 31.3 Å². The number of nitrogens with zero attached hydrogens (tertiary/aromatic N) is 6. The predicted octanol–water partition coefficient (Wildman–Crippen LogP) is 6.94. The van der Waals surface area contributed by atoms with Crippen LogP contribution >= 0.6 is 0 Å². The van der Waals surface area contributed by atoms with E-state index >= 15 is 0 Å². The van der Waals surface area contributed by atoms with Gasteiger partial charge in [0.1, 0.15) is 18.0 Å². The van der Waals surface area contributed by atoms with Crippen molar-refractivity contribution in [2.45, 2.75) is 44.8 Å². The summed E-state index contributed by atoms with van der Waals surface area (Å²) in [6, 6.07) is 11.7. The van der Waals surface area contributed by atoms with Crippen LogP contribution < -0.4 is 4.74 Å². The molecule has 220 valence electrons. The first-order valence-corrected chi connectivity index (χ1v) is 13.7. The van der Waals surface area contributed by atoms with Crippen LogP contribution in [-0.2, 0) is 18.1 Å². The summed E-state index contributed by atoms with van der Waals surface area (Å²) in [4.78, 5) is 13.7. The van der Waals surface area contributed by atoms with Crippen LogP contribution in [0.2, 0.25) is 0 Å². The van der Waals surface area contributed by atoms with Gasteiger partial charge in [-0.05, 0) is 85.4 Å². The molecule has 0 saturated heterocycles. The number of ether oxygens (including phenoxy) is 1. The van der Waals surface area contributed by atoms with Crippen molar-refractivity contribution in [3.05, 3.63) is 118 Å². The molecular weight excluding hydrogens is 560 g/mol. The number of halogens is 4. The molecule has 3 aromatic heterocycles. The van der Waals surface area contributed by atoms with E-state index < -0.39 is 23.0 Å². The Labute approximate surface area is 245 Å². The molecule has 0 bridgehead atoms. The van der Waals surface area contributed by atoms with Crippen molar-refractivity contribution in [1.29, 1.82) is 0 Å². The van der Waals surface area contributed by atoms with E-state index in [4.69, 9.17) is 14.8 Å². The van der Waals surface area contributed by atoms with Crippen LogP contribution in [0.15, 0.2) is 67.3 Å². The number of hydrogen-bond acceptors (Lipinski definition) is 5. The van der Waals surface area contributed by atoms with Crippen LogP contribution in [0.1, 0.15) is 58.0 Å². The first-order chi connectivity index (χ1) is 20.6. The van der Waals surface area contributed by atoms with E-state index in [9.17, 15) is 17.6 Å². The summed E-state index contributed by atoms with van der Waals surface area (Å²) in [5.41, 5.74) is 1.52. The third-order valence-corrected chi connectivity index (χ3v) is 7.88. The molecule has 2 aromatic carbocycles. The summed E-state index contributed by atoms with van der Waals surface area (Å²) in [6.45, 7) is 4.14. The van der Waals surface area contributed by atoms with Gasteiger partial charge in [0.2, 0.25) is 0 Å². The molecule has 1 aliphatic rings. The Bertz CT molecular complexity index is 1820. The summed E-state index contributed by atoms with van der Waals surface area (Å²) in [5, 5.41) is 4.71. The van der Waals surface area contributed by atoms with Crippen LogP contribution in [0, 0.1) is 19.7 Å². The van der Waals surface area contributed by atoms with Gasteiger partial charge < -0.3 is 4.74 Å². The number of hydrogen-bond donors (Lipinski definition) is 0. The molecular formula is C32H28F4N6O. The molecule has 4 heterocycles. The highest BCUT2D eigenvalue weighted by Gasteiger charge is 2.45. The van der Waals surface area contributed by atoms with Crippen molar-refractivity contribution in [2.75, 3.05) is 7.11 Å². The average molecular weight is 589 g/mol. The van der Waals surface area contributed by atoms with Crippen molar-refractivity contribution >= 4 is 12.2 Å². The highest BCUT2D eigenvalue weighted by Crippen LogP contribution is 2.47. The smallest absolute Gasteiger partial charge is 0.416 e. The van der Waals surface area contributed by atoms with E-state index in [-0.39, 0.29) is 0 Å². The first-order valence-electron chi connectivity index (χ1n) is 13.7. The fourth-order valence-electron chi connectivity index (χ4n) is 5.80.